The van der Waals surface area contributed by atoms with Gasteiger partial charge >= 0.3 is 0 Å². The van der Waals surface area contributed by atoms with E-state index in [9.17, 15) is 0 Å². The zero-order valence-corrected chi connectivity index (χ0v) is 8.22. The molecular formula is C9H17NS. The van der Waals surface area contributed by atoms with Gasteiger partial charge in [-0.05, 0) is 32.2 Å². The second-order valence-corrected chi connectivity index (χ2v) is 4.79. The van der Waals surface area contributed by atoms with Crippen LogP contribution in [0.1, 0.15) is 26.2 Å². The van der Waals surface area contributed by atoms with Crippen molar-refractivity contribution in [3.8, 4) is 0 Å². The van der Waals surface area contributed by atoms with Gasteiger partial charge in [-0.15, -0.1) is 0 Å². The Labute approximate surface area is 74.6 Å². The third-order valence-corrected chi connectivity index (χ3v) is 4.30. The van der Waals surface area contributed by atoms with Crippen LogP contribution in [-0.2, 0) is 0 Å². The van der Waals surface area contributed by atoms with E-state index in [1.54, 1.807) is 0 Å². The molecule has 0 spiro atoms. The van der Waals surface area contributed by atoms with Crippen LogP contribution < -0.4 is 0 Å². The fourth-order valence-electron chi connectivity index (χ4n) is 2.71. The minimum absolute atomic E-state index is 0.656. The maximum atomic E-state index is 4.63. The molecule has 2 saturated heterocycles. The van der Waals surface area contributed by atoms with Crippen LogP contribution in [0.5, 0.6) is 0 Å². The van der Waals surface area contributed by atoms with Crippen molar-refractivity contribution in [1.29, 1.82) is 0 Å². The van der Waals surface area contributed by atoms with E-state index in [1.807, 2.05) is 0 Å². The first-order valence-corrected chi connectivity index (χ1v) is 5.12. The van der Waals surface area contributed by atoms with Gasteiger partial charge in [0.2, 0.25) is 0 Å². The number of thiol groups is 1. The predicted molar refractivity (Wildman–Crippen MR) is 51.1 cm³/mol. The van der Waals surface area contributed by atoms with Crippen LogP contribution in [0.15, 0.2) is 0 Å². The van der Waals surface area contributed by atoms with Crippen molar-refractivity contribution in [2.45, 2.75) is 43.5 Å². The fraction of sp³-hybridized carbons (Fsp3) is 1.00. The first-order valence-electron chi connectivity index (χ1n) is 4.60. The topological polar surface area (TPSA) is 3.24 Å². The summed E-state index contributed by atoms with van der Waals surface area (Å²) in [6.07, 6.45) is 4.11. The van der Waals surface area contributed by atoms with Gasteiger partial charge in [-0.2, -0.15) is 12.6 Å². The molecule has 4 atom stereocenters. The third-order valence-electron chi connectivity index (χ3n) is 3.62. The third kappa shape index (κ3) is 1.11. The maximum Gasteiger partial charge on any atom is 0.0132 e. The highest BCUT2D eigenvalue weighted by Crippen LogP contribution is 2.39. The zero-order chi connectivity index (χ0) is 8.01. The van der Waals surface area contributed by atoms with Gasteiger partial charge in [-0.3, -0.25) is 0 Å². The van der Waals surface area contributed by atoms with E-state index in [4.69, 9.17) is 0 Å². The van der Waals surface area contributed by atoms with Crippen LogP contribution in [-0.4, -0.2) is 29.3 Å². The number of nitrogens with zero attached hydrogens (tertiary/aromatic N) is 1. The molecule has 1 nitrogen and oxygen atoms in total. The van der Waals surface area contributed by atoms with Crippen molar-refractivity contribution in [3.05, 3.63) is 0 Å². The molecule has 0 aromatic heterocycles. The summed E-state index contributed by atoms with van der Waals surface area (Å²) in [4.78, 5) is 2.57. The number of rotatable bonds is 0. The van der Waals surface area contributed by atoms with Gasteiger partial charge in [0, 0.05) is 17.3 Å². The van der Waals surface area contributed by atoms with Crippen molar-refractivity contribution in [2.75, 3.05) is 7.05 Å². The quantitative estimate of drug-likeness (QED) is 0.544. The Kier molecular flexibility index (Phi) is 1.92. The lowest BCUT2D eigenvalue weighted by Gasteiger charge is -2.39. The molecule has 0 amide bonds. The van der Waals surface area contributed by atoms with E-state index in [0.717, 1.165) is 18.0 Å². The number of hydrogen-bond donors (Lipinski definition) is 1. The minimum atomic E-state index is 0.656. The summed E-state index contributed by atoms with van der Waals surface area (Å²) < 4.78 is 0. The lowest BCUT2D eigenvalue weighted by Crippen LogP contribution is -2.46. The van der Waals surface area contributed by atoms with Crippen LogP contribution in [0.25, 0.3) is 0 Å². The largest absolute Gasteiger partial charge is 0.300 e. The van der Waals surface area contributed by atoms with Gasteiger partial charge in [0.05, 0.1) is 0 Å². The highest BCUT2D eigenvalue weighted by Gasteiger charge is 2.41. The molecule has 2 rings (SSSR count). The number of fused-ring (bicyclic) bond motifs is 2. The van der Waals surface area contributed by atoms with Gasteiger partial charge in [0.25, 0.3) is 0 Å². The second kappa shape index (κ2) is 2.67. The van der Waals surface area contributed by atoms with E-state index in [-0.39, 0.29) is 0 Å². The van der Waals surface area contributed by atoms with Gasteiger partial charge in [0.15, 0.2) is 0 Å². The van der Waals surface area contributed by atoms with Gasteiger partial charge in [0.1, 0.15) is 0 Å². The van der Waals surface area contributed by atoms with E-state index in [2.05, 4.69) is 31.5 Å². The molecule has 2 fully saturated rings. The highest BCUT2D eigenvalue weighted by atomic mass is 32.1. The minimum Gasteiger partial charge on any atom is -0.300 e. The summed E-state index contributed by atoms with van der Waals surface area (Å²) >= 11 is 4.63. The molecule has 2 aliphatic rings. The SMILES string of the molecule is CC1C(S)CC2CCC1N2C. The predicted octanol–water partition coefficient (Wildman–Crippen LogP) is 1.79. The second-order valence-electron chi connectivity index (χ2n) is 4.13. The van der Waals surface area contributed by atoms with Gasteiger partial charge < -0.3 is 4.90 Å². The summed E-state index contributed by atoms with van der Waals surface area (Å²) in [5, 5.41) is 0.656. The van der Waals surface area contributed by atoms with Crippen LogP contribution in [0.2, 0.25) is 0 Å². The first-order chi connectivity index (χ1) is 5.20. The molecule has 2 heterocycles. The molecule has 64 valence electrons. The summed E-state index contributed by atoms with van der Waals surface area (Å²) in [5.74, 6) is 0.794. The fourth-order valence-corrected chi connectivity index (χ4v) is 3.15. The maximum absolute atomic E-state index is 4.63. The molecule has 2 heteroatoms. The average Bonchev–Trinajstić information content (AvgIpc) is 2.23. The summed E-state index contributed by atoms with van der Waals surface area (Å²) in [6, 6.07) is 1.68. The van der Waals surface area contributed by atoms with Crippen molar-refractivity contribution < 1.29 is 0 Å². The summed E-state index contributed by atoms with van der Waals surface area (Å²) in [7, 11) is 2.28. The number of piperidine rings is 1. The Morgan fingerprint density at radius 1 is 1.36 bits per heavy atom. The molecule has 2 bridgehead atoms. The summed E-state index contributed by atoms with van der Waals surface area (Å²) in [6.45, 7) is 2.35. The Balaban J connectivity index is 2.16. The van der Waals surface area contributed by atoms with E-state index in [0.29, 0.717) is 5.25 Å². The Bertz CT molecular complexity index is 160. The molecule has 0 aromatic carbocycles. The molecular weight excluding hydrogens is 154 g/mol. The van der Waals surface area contributed by atoms with E-state index in [1.165, 1.54) is 19.3 Å². The van der Waals surface area contributed by atoms with Crippen molar-refractivity contribution in [2.24, 2.45) is 5.92 Å². The first kappa shape index (κ1) is 7.93. The normalized spacial score (nSPS) is 51.5. The molecule has 2 aliphatic heterocycles. The smallest absolute Gasteiger partial charge is 0.0132 e. The van der Waals surface area contributed by atoms with Crippen LogP contribution >= 0.6 is 12.6 Å². The van der Waals surface area contributed by atoms with Crippen LogP contribution in [0, 0.1) is 5.92 Å². The van der Waals surface area contributed by atoms with Gasteiger partial charge in [-0.25, -0.2) is 0 Å². The van der Waals surface area contributed by atoms with Gasteiger partial charge in [-0.1, -0.05) is 6.92 Å². The zero-order valence-electron chi connectivity index (χ0n) is 7.33. The molecule has 11 heavy (non-hydrogen) atoms. The van der Waals surface area contributed by atoms with Crippen molar-refractivity contribution in [3.63, 3.8) is 0 Å². The van der Waals surface area contributed by atoms with E-state index >= 15 is 0 Å². The Morgan fingerprint density at radius 3 is 2.82 bits per heavy atom. The molecule has 0 radical (unpaired) electrons. The molecule has 0 saturated carbocycles. The average molecular weight is 171 g/mol. The molecule has 4 unspecified atom stereocenters. The van der Waals surface area contributed by atoms with Crippen LogP contribution in [0.4, 0.5) is 0 Å². The highest BCUT2D eigenvalue weighted by molar-refractivity contribution is 7.81. The van der Waals surface area contributed by atoms with Crippen molar-refractivity contribution >= 4 is 12.6 Å². The van der Waals surface area contributed by atoms with Crippen LogP contribution in [0.3, 0.4) is 0 Å². The molecule has 0 aromatic rings. The lowest BCUT2D eigenvalue weighted by atomic mass is 9.92. The molecule has 0 aliphatic carbocycles. The summed E-state index contributed by atoms with van der Waals surface area (Å²) in [5.41, 5.74) is 0. The van der Waals surface area contributed by atoms with Crippen molar-refractivity contribution in [1.82, 2.24) is 4.90 Å². The molecule has 0 N–H and O–H groups in total. The van der Waals surface area contributed by atoms with E-state index < -0.39 is 0 Å². The Morgan fingerprint density at radius 2 is 2.09 bits per heavy atom. The number of hydrogen-bond acceptors (Lipinski definition) is 2. The Hall–Kier alpha value is 0.310. The lowest BCUT2D eigenvalue weighted by molar-refractivity contribution is 0.136. The monoisotopic (exact) mass is 171 g/mol. The standard InChI is InChI=1S/C9H17NS/c1-6-8-4-3-7(10(8)2)5-9(6)11/h6-9,11H,3-5H2,1-2H3.